The van der Waals surface area contributed by atoms with Crippen molar-refractivity contribution in [2.24, 2.45) is 0 Å². The van der Waals surface area contributed by atoms with Crippen molar-refractivity contribution in [3.63, 3.8) is 0 Å². The number of halogens is 1. The monoisotopic (exact) mass is 387 g/mol. The maximum Gasteiger partial charge on any atom is 0.407 e. The molecule has 7 nitrogen and oxygen atoms in total. The largest absolute Gasteiger partial charge is 0.465 e. The first-order chi connectivity index (χ1) is 9.58. The number of nitrogens with zero attached hydrogens (tertiary/aromatic N) is 4. The second-order valence-corrected chi connectivity index (χ2v) is 5.86. The van der Waals surface area contributed by atoms with Crippen LogP contribution in [0.5, 0.6) is 0 Å². The SMILES string of the molecule is Nc1nccn2c(C3CCN(C(=O)O)CC3)nc(I)c12. The highest BCUT2D eigenvalue weighted by Gasteiger charge is 2.27. The fourth-order valence-electron chi connectivity index (χ4n) is 2.66. The van der Waals surface area contributed by atoms with Crippen LogP contribution in [0.3, 0.4) is 0 Å². The molecule has 1 fully saturated rings. The highest BCUT2D eigenvalue weighted by molar-refractivity contribution is 14.1. The third-order valence-corrected chi connectivity index (χ3v) is 4.45. The third kappa shape index (κ3) is 2.17. The molecule has 0 radical (unpaired) electrons. The van der Waals surface area contributed by atoms with Crippen LogP contribution in [-0.4, -0.2) is 43.6 Å². The minimum Gasteiger partial charge on any atom is -0.465 e. The molecule has 1 aliphatic heterocycles. The summed E-state index contributed by atoms with van der Waals surface area (Å²) in [5.74, 6) is 1.67. The van der Waals surface area contributed by atoms with Gasteiger partial charge in [-0.2, -0.15) is 0 Å². The van der Waals surface area contributed by atoms with E-state index >= 15 is 0 Å². The van der Waals surface area contributed by atoms with E-state index in [2.05, 4.69) is 32.6 Å². The molecule has 3 N–H and O–H groups in total. The third-order valence-electron chi connectivity index (χ3n) is 3.70. The first-order valence-electron chi connectivity index (χ1n) is 6.33. The lowest BCUT2D eigenvalue weighted by atomic mass is 9.96. The summed E-state index contributed by atoms with van der Waals surface area (Å²) in [7, 11) is 0. The summed E-state index contributed by atoms with van der Waals surface area (Å²) >= 11 is 2.16. The van der Waals surface area contributed by atoms with Crippen LogP contribution in [0.1, 0.15) is 24.6 Å². The summed E-state index contributed by atoms with van der Waals surface area (Å²) in [6, 6.07) is 0. The number of hydrogen-bond donors (Lipinski definition) is 2. The van der Waals surface area contributed by atoms with Gasteiger partial charge in [-0.25, -0.2) is 14.8 Å². The number of carbonyl (C=O) groups is 1. The molecule has 3 heterocycles. The average Bonchev–Trinajstić information content (AvgIpc) is 2.77. The lowest BCUT2D eigenvalue weighted by Crippen LogP contribution is -2.37. The van der Waals surface area contributed by atoms with E-state index in [-0.39, 0.29) is 5.92 Å². The van der Waals surface area contributed by atoms with Crippen LogP contribution in [0.2, 0.25) is 0 Å². The Morgan fingerprint density at radius 3 is 2.80 bits per heavy atom. The molecule has 2 aromatic heterocycles. The van der Waals surface area contributed by atoms with Crippen molar-refractivity contribution >= 4 is 40.0 Å². The quantitative estimate of drug-likeness (QED) is 0.728. The van der Waals surface area contributed by atoms with Gasteiger partial charge in [-0.1, -0.05) is 0 Å². The van der Waals surface area contributed by atoms with Crippen LogP contribution < -0.4 is 5.73 Å². The Bertz CT molecular complexity index is 663. The predicted octanol–water partition coefficient (Wildman–Crippen LogP) is 1.77. The highest BCUT2D eigenvalue weighted by Crippen LogP contribution is 2.30. The molecule has 1 aliphatic rings. The van der Waals surface area contributed by atoms with E-state index in [9.17, 15) is 4.79 Å². The molecule has 0 aliphatic carbocycles. The number of rotatable bonds is 1. The van der Waals surface area contributed by atoms with E-state index in [4.69, 9.17) is 10.8 Å². The summed E-state index contributed by atoms with van der Waals surface area (Å²) in [5, 5.41) is 8.99. The van der Waals surface area contributed by atoms with Crippen LogP contribution in [0, 0.1) is 3.70 Å². The normalized spacial score (nSPS) is 16.8. The minimum atomic E-state index is -0.848. The Morgan fingerprint density at radius 2 is 2.15 bits per heavy atom. The molecule has 2 aromatic rings. The van der Waals surface area contributed by atoms with Crippen LogP contribution in [-0.2, 0) is 0 Å². The molecule has 106 valence electrons. The van der Waals surface area contributed by atoms with Gasteiger partial charge in [-0.15, -0.1) is 0 Å². The second kappa shape index (κ2) is 5.08. The van der Waals surface area contributed by atoms with Gasteiger partial charge in [0, 0.05) is 31.4 Å². The molecule has 0 bridgehead atoms. The Balaban J connectivity index is 1.92. The zero-order chi connectivity index (χ0) is 14.3. The van der Waals surface area contributed by atoms with Crippen molar-refractivity contribution in [1.29, 1.82) is 0 Å². The molecule has 3 rings (SSSR count). The van der Waals surface area contributed by atoms with Gasteiger partial charge in [0.1, 0.15) is 15.0 Å². The van der Waals surface area contributed by atoms with E-state index < -0.39 is 6.09 Å². The maximum atomic E-state index is 10.9. The first kappa shape index (κ1) is 13.4. The van der Waals surface area contributed by atoms with Gasteiger partial charge < -0.3 is 15.7 Å². The van der Waals surface area contributed by atoms with Gasteiger partial charge in [-0.3, -0.25) is 4.40 Å². The Labute approximate surface area is 128 Å². The predicted molar refractivity (Wildman–Crippen MR) is 81.7 cm³/mol. The van der Waals surface area contributed by atoms with Gasteiger partial charge in [0.2, 0.25) is 0 Å². The Hall–Kier alpha value is -1.58. The van der Waals surface area contributed by atoms with E-state index in [1.54, 1.807) is 6.20 Å². The number of carboxylic acid groups (broad SMARTS) is 1. The van der Waals surface area contributed by atoms with Gasteiger partial charge >= 0.3 is 6.09 Å². The zero-order valence-electron chi connectivity index (χ0n) is 10.7. The number of amides is 1. The smallest absolute Gasteiger partial charge is 0.407 e. The topological polar surface area (TPSA) is 96.8 Å². The van der Waals surface area contributed by atoms with Crippen LogP contribution >= 0.6 is 22.6 Å². The van der Waals surface area contributed by atoms with Gasteiger partial charge in [0.25, 0.3) is 0 Å². The van der Waals surface area contributed by atoms with Crippen molar-refractivity contribution in [3.8, 4) is 0 Å². The summed E-state index contributed by atoms with van der Waals surface area (Å²) < 4.78 is 2.81. The number of aromatic nitrogens is 3. The summed E-state index contributed by atoms with van der Waals surface area (Å²) in [5.41, 5.74) is 6.74. The van der Waals surface area contributed by atoms with Crippen LogP contribution in [0.15, 0.2) is 12.4 Å². The van der Waals surface area contributed by atoms with E-state index in [1.807, 2.05) is 10.6 Å². The fourth-order valence-corrected chi connectivity index (χ4v) is 3.44. The molecule has 0 atom stereocenters. The second-order valence-electron chi connectivity index (χ2n) is 4.84. The highest BCUT2D eigenvalue weighted by atomic mass is 127. The average molecular weight is 387 g/mol. The van der Waals surface area contributed by atoms with Gasteiger partial charge in [-0.05, 0) is 35.4 Å². The number of nitrogen functional groups attached to an aromatic ring is 1. The molecule has 20 heavy (non-hydrogen) atoms. The van der Waals surface area contributed by atoms with Crippen LogP contribution in [0.4, 0.5) is 10.6 Å². The molecule has 8 heteroatoms. The van der Waals surface area contributed by atoms with Crippen molar-refractivity contribution in [2.45, 2.75) is 18.8 Å². The number of hydrogen-bond acceptors (Lipinski definition) is 4. The molecule has 0 spiro atoms. The van der Waals surface area contributed by atoms with E-state index in [0.29, 0.717) is 18.9 Å². The molecule has 0 saturated carbocycles. The Morgan fingerprint density at radius 1 is 1.45 bits per heavy atom. The molecular formula is C12H14IN5O2. The van der Waals surface area contributed by atoms with Crippen molar-refractivity contribution in [2.75, 3.05) is 18.8 Å². The summed E-state index contributed by atoms with van der Waals surface area (Å²) in [6.45, 7) is 1.10. The minimum absolute atomic E-state index is 0.253. The number of fused-ring (bicyclic) bond motifs is 1. The van der Waals surface area contributed by atoms with Crippen LogP contribution in [0.25, 0.3) is 5.52 Å². The summed E-state index contributed by atoms with van der Waals surface area (Å²) in [4.78, 5) is 21.1. The molecule has 1 amide bonds. The standard InChI is InChI=1S/C12H14IN5O2/c13-9-8-10(14)15-3-6-18(8)11(16-9)7-1-4-17(5-2-7)12(19)20/h3,6-7H,1-2,4-5H2,(H2,14,15)(H,19,20). The Kier molecular flexibility index (Phi) is 3.40. The van der Waals surface area contributed by atoms with Crippen molar-refractivity contribution in [3.05, 3.63) is 21.9 Å². The number of nitrogens with two attached hydrogens (primary N) is 1. The number of piperidine rings is 1. The van der Waals surface area contributed by atoms with Crippen molar-refractivity contribution in [1.82, 2.24) is 19.3 Å². The lowest BCUT2D eigenvalue weighted by Gasteiger charge is -2.29. The molecule has 1 saturated heterocycles. The first-order valence-corrected chi connectivity index (χ1v) is 7.41. The number of imidazole rings is 1. The van der Waals surface area contributed by atoms with Gasteiger partial charge in [0.15, 0.2) is 5.82 Å². The lowest BCUT2D eigenvalue weighted by molar-refractivity contribution is 0.131. The molecular weight excluding hydrogens is 373 g/mol. The zero-order valence-corrected chi connectivity index (χ0v) is 12.8. The van der Waals surface area contributed by atoms with E-state index in [0.717, 1.165) is 27.9 Å². The summed E-state index contributed by atoms with van der Waals surface area (Å²) in [6.07, 6.45) is 4.24. The maximum absolute atomic E-state index is 10.9. The molecule has 0 unspecified atom stereocenters. The van der Waals surface area contributed by atoms with Crippen molar-refractivity contribution < 1.29 is 9.90 Å². The van der Waals surface area contributed by atoms with E-state index in [1.165, 1.54) is 4.90 Å². The molecule has 0 aromatic carbocycles. The number of likely N-dealkylation sites (tertiary alicyclic amines) is 1. The number of anilines is 1. The van der Waals surface area contributed by atoms with Gasteiger partial charge in [0.05, 0.1) is 0 Å². The fraction of sp³-hybridized carbons (Fsp3) is 0.417.